The molecule has 0 amide bonds. The van der Waals surface area contributed by atoms with Crippen LogP contribution >= 0.6 is 0 Å². The van der Waals surface area contributed by atoms with Crippen LogP contribution in [0.2, 0.25) is 0 Å². The van der Waals surface area contributed by atoms with E-state index in [-0.39, 0.29) is 11.9 Å². The third-order valence-electron chi connectivity index (χ3n) is 3.49. The van der Waals surface area contributed by atoms with Gasteiger partial charge >= 0.3 is 0 Å². The minimum absolute atomic E-state index is 0.276. The predicted octanol–water partition coefficient (Wildman–Crippen LogP) is 2.33. The van der Waals surface area contributed by atoms with E-state index in [1.807, 2.05) is 31.3 Å². The molecule has 0 saturated heterocycles. The first kappa shape index (κ1) is 12.8. The van der Waals surface area contributed by atoms with E-state index in [1.54, 1.807) is 16.8 Å². The third-order valence-corrected chi connectivity index (χ3v) is 3.49. The second kappa shape index (κ2) is 5.03. The molecule has 0 saturated carbocycles. The lowest BCUT2D eigenvalue weighted by atomic mass is 9.96. The topological polar surface area (TPSA) is 55.3 Å². The van der Waals surface area contributed by atoms with Gasteiger partial charge in [-0.25, -0.2) is 14.3 Å². The molecule has 3 rings (SSSR count). The maximum Gasteiger partial charge on any atom is 0.123 e. The zero-order chi connectivity index (χ0) is 14.1. The fourth-order valence-electron chi connectivity index (χ4n) is 2.45. The molecular weight excluding hydrogens is 255 g/mol. The summed E-state index contributed by atoms with van der Waals surface area (Å²) in [6, 6.07) is 10.2. The van der Waals surface area contributed by atoms with Crippen molar-refractivity contribution in [2.45, 2.75) is 13.0 Å². The highest BCUT2D eigenvalue weighted by atomic mass is 19.1. The molecule has 3 aromatic rings. The quantitative estimate of drug-likeness (QED) is 0.567. The van der Waals surface area contributed by atoms with Crippen molar-refractivity contribution < 1.29 is 4.39 Å². The molecule has 102 valence electrons. The Morgan fingerprint density at radius 3 is 2.90 bits per heavy atom. The van der Waals surface area contributed by atoms with Gasteiger partial charge in [0.25, 0.3) is 0 Å². The molecule has 0 fully saturated rings. The van der Waals surface area contributed by atoms with Crippen LogP contribution in [0.25, 0.3) is 5.52 Å². The van der Waals surface area contributed by atoms with Gasteiger partial charge in [-0.15, -0.1) is 0 Å². The van der Waals surface area contributed by atoms with Crippen LogP contribution in [-0.4, -0.2) is 9.61 Å². The molecule has 3 N–H and O–H groups in total. The first-order valence-electron chi connectivity index (χ1n) is 6.35. The largest absolute Gasteiger partial charge is 0.271 e. The number of nitrogens with zero attached hydrogens (tertiary/aromatic N) is 2. The summed E-state index contributed by atoms with van der Waals surface area (Å²) in [5.41, 5.74) is 6.41. The normalized spacial score (nSPS) is 12.8. The van der Waals surface area contributed by atoms with Gasteiger partial charge < -0.3 is 0 Å². The number of aryl methyl sites for hydroxylation is 1. The van der Waals surface area contributed by atoms with Gasteiger partial charge in [-0.3, -0.25) is 5.84 Å². The van der Waals surface area contributed by atoms with E-state index in [0.717, 1.165) is 22.2 Å². The van der Waals surface area contributed by atoms with Crippen LogP contribution in [0.3, 0.4) is 0 Å². The summed E-state index contributed by atoms with van der Waals surface area (Å²) >= 11 is 0. The molecule has 4 nitrogen and oxygen atoms in total. The Kier molecular flexibility index (Phi) is 3.22. The summed E-state index contributed by atoms with van der Waals surface area (Å²) in [6.07, 6.45) is 3.62. The lowest BCUT2D eigenvalue weighted by Gasteiger charge is -2.18. The van der Waals surface area contributed by atoms with Crippen molar-refractivity contribution >= 4 is 5.52 Å². The van der Waals surface area contributed by atoms with Crippen molar-refractivity contribution in [1.82, 2.24) is 15.0 Å². The highest BCUT2D eigenvalue weighted by molar-refractivity contribution is 5.57. The van der Waals surface area contributed by atoms with Gasteiger partial charge in [0.05, 0.1) is 17.8 Å². The van der Waals surface area contributed by atoms with Crippen LogP contribution in [-0.2, 0) is 0 Å². The van der Waals surface area contributed by atoms with Crippen molar-refractivity contribution in [2.24, 2.45) is 5.84 Å². The molecule has 0 aliphatic rings. The smallest absolute Gasteiger partial charge is 0.123 e. The first-order valence-corrected chi connectivity index (χ1v) is 6.35. The number of nitrogens with one attached hydrogen (secondary N) is 1. The van der Waals surface area contributed by atoms with E-state index >= 15 is 0 Å². The Labute approximate surface area is 116 Å². The number of fused-ring (bicyclic) bond motifs is 1. The minimum Gasteiger partial charge on any atom is -0.271 e. The van der Waals surface area contributed by atoms with Gasteiger partial charge in [-0.05, 0) is 42.3 Å². The van der Waals surface area contributed by atoms with E-state index < -0.39 is 0 Å². The average molecular weight is 270 g/mol. The maximum atomic E-state index is 13.5. The minimum atomic E-state index is -0.300. The standard InChI is InChI=1S/C15H15FN4/c1-10-5-6-11(16)8-12(10)15(19-17)13-9-18-20-7-3-2-4-14(13)20/h2-9,15,19H,17H2,1H3. The summed E-state index contributed by atoms with van der Waals surface area (Å²) in [5.74, 6) is 5.42. The molecule has 0 aliphatic heterocycles. The zero-order valence-electron chi connectivity index (χ0n) is 11.0. The molecule has 2 aromatic heterocycles. The lowest BCUT2D eigenvalue weighted by molar-refractivity contribution is 0.604. The van der Waals surface area contributed by atoms with Crippen molar-refractivity contribution in [3.05, 3.63) is 71.3 Å². The fraction of sp³-hybridized carbons (Fsp3) is 0.133. The fourth-order valence-corrected chi connectivity index (χ4v) is 2.45. The van der Waals surface area contributed by atoms with Crippen molar-refractivity contribution in [3.8, 4) is 0 Å². The average Bonchev–Trinajstić information content (AvgIpc) is 2.88. The lowest BCUT2D eigenvalue weighted by Crippen LogP contribution is -2.29. The third kappa shape index (κ3) is 2.07. The Balaban J connectivity index is 2.16. The first-order chi connectivity index (χ1) is 9.70. The van der Waals surface area contributed by atoms with Gasteiger partial charge in [-0.2, -0.15) is 5.10 Å². The van der Waals surface area contributed by atoms with Crippen LogP contribution < -0.4 is 11.3 Å². The summed E-state index contributed by atoms with van der Waals surface area (Å²) in [6.45, 7) is 1.94. The van der Waals surface area contributed by atoms with Crippen LogP contribution in [0.15, 0.2) is 48.8 Å². The van der Waals surface area contributed by atoms with Gasteiger partial charge in [0.2, 0.25) is 0 Å². The van der Waals surface area contributed by atoms with E-state index in [4.69, 9.17) is 5.84 Å². The van der Waals surface area contributed by atoms with Crippen LogP contribution in [0, 0.1) is 12.7 Å². The second-order valence-electron chi connectivity index (χ2n) is 4.73. The summed E-state index contributed by atoms with van der Waals surface area (Å²) in [4.78, 5) is 0. The molecule has 1 unspecified atom stereocenters. The summed E-state index contributed by atoms with van der Waals surface area (Å²) in [5, 5.41) is 4.29. The van der Waals surface area contributed by atoms with Crippen molar-refractivity contribution in [2.75, 3.05) is 0 Å². The van der Waals surface area contributed by atoms with Crippen molar-refractivity contribution in [1.29, 1.82) is 0 Å². The van der Waals surface area contributed by atoms with Crippen LogP contribution in [0.1, 0.15) is 22.7 Å². The Hall–Kier alpha value is -2.24. The van der Waals surface area contributed by atoms with Gasteiger partial charge in [0.15, 0.2) is 0 Å². The monoisotopic (exact) mass is 270 g/mol. The van der Waals surface area contributed by atoms with E-state index in [2.05, 4.69) is 10.5 Å². The molecule has 0 radical (unpaired) electrons. The van der Waals surface area contributed by atoms with E-state index in [0.29, 0.717) is 0 Å². The zero-order valence-corrected chi connectivity index (χ0v) is 11.0. The van der Waals surface area contributed by atoms with Crippen LogP contribution in [0.5, 0.6) is 0 Å². The number of halogens is 1. The highest BCUT2D eigenvalue weighted by Crippen LogP contribution is 2.27. The number of hydrogen-bond acceptors (Lipinski definition) is 3. The van der Waals surface area contributed by atoms with Gasteiger partial charge in [0.1, 0.15) is 5.82 Å². The number of hydrogen-bond donors (Lipinski definition) is 2. The summed E-state index contributed by atoms with van der Waals surface area (Å²) in [7, 11) is 0. The van der Waals surface area contributed by atoms with Gasteiger partial charge in [0, 0.05) is 11.8 Å². The SMILES string of the molecule is Cc1ccc(F)cc1C(NN)c1cnn2ccccc12. The van der Waals surface area contributed by atoms with E-state index in [1.165, 1.54) is 12.1 Å². The maximum absolute atomic E-state index is 13.5. The molecule has 0 bridgehead atoms. The van der Waals surface area contributed by atoms with Crippen molar-refractivity contribution in [3.63, 3.8) is 0 Å². The Bertz CT molecular complexity index is 750. The van der Waals surface area contributed by atoms with Gasteiger partial charge in [-0.1, -0.05) is 12.1 Å². The Morgan fingerprint density at radius 1 is 1.25 bits per heavy atom. The molecular formula is C15H15FN4. The number of nitrogens with two attached hydrogens (primary N) is 1. The summed E-state index contributed by atoms with van der Waals surface area (Å²) < 4.78 is 15.3. The van der Waals surface area contributed by atoms with Crippen LogP contribution in [0.4, 0.5) is 4.39 Å². The predicted molar refractivity (Wildman–Crippen MR) is 75.5 cm³/mol. The second-order valence-corrected chi connectivity index (χ2v) is 4.73. The Morgan fingerprint density at radius 2 is 2.10 bits per heavy atom. The molecule has 1 atom stereocenters. The number of rotatable bonds is 3. The van der Waals surface area contributed by atoms with E-state index in [9.17, 15) is 4.39 Å². The molecule has 0 aliphatic carbocycles. The molecule has 20 heavy (non-hydrogen) atoms. The number of aromatic nitrogens is 2. The number of pyridine rings is 1. The number of benzene rings is 1. The molecule has 5 heteroatoms. The molecule has 0 spiro atoms. The highest BCUT2D eigenvalue weighted by Gasteiger charge is 2.19. The number of hydrazine groups is 1. The molecule has 2 heterocycles. The molecule has 1 aromatic carbocycles.